The molecule has 4 rings (SSSR count). The Kier molecular flexibility index (Phi) is 5.76. The van der Waals surface area contributed by atoms with E-state index in [1.165, 1.54) is 5.69 Å². The lowest BCUT2D eigenvalue weighted by atomic mass is 10.2. The molecule has 0 N–H and O–H groups in total. The van der Waals surface area contributed by atoms with Crippen molar-refractivity contribution >= 4 is 17.3 Å². The van der Waals surface area contributed by atoms with Gasteiger partial charge in [-0.05, 0) is 24.7 Å². The molecule has 0 aliphatic carbocycles. The van der Waals surface area contributed by atoms with Crippen LogP contribution in [0.25, 0.3) is 0 Å². The molecule has 6 nitrogen and oxygen atoms in total. The van der Waals surface area contributed by atoms with Crippen LogP contribution in [0.2, 0.25) is 0 Å². The summed E-state index contributed by atoms with van der Waals surface area (Å²) in [6.07, 6.45) is 3.59. The summed E-state index contributed by atoms with van der Waals surface area (Å²) < 4.78 is 0. The van der Waals surface area contributed by atoms with Crippen LogP contribution in [0.1, 0.15) is 17.3 Å². The number of rotatable bonds is 4. The van der Waals surface area contributed by atoms with Gasteiger partial charge in [0.1, 0.15) is 0 Å². The number of hydrogen-bond donors (Lipinski definition) is 0. The Morgan fingerprint density at radius 3 is 2.14 bits per heavy atom. The highest BCUT2D eigenvalue weighted by Crippen LogP contribution is 2.21. The SMILES string of the molecule is CCN1CCN(C(=O)c2cncc(N3CCN(c4ccccc4)CC3)c2)CC1. The summed E-state index contributed by atoms with van der Waals surface area (Å²) >= 11 is 0. The molecule has 1 aromatic carbocycles. The van der Waals surface area contributed by atoms with Crippen molar-refractivity contribution in [2.24, 2.45) is 0 Å². The highest BCUT2D eigenvalue weighted by Gasteiger charge is 2.23. The third-order valence-electron chi connectivity index (χ3n) is 5.84. The lowest BCUT2D eigenvalue weighted by Crippen LogP contribution is -2.48. The first-order valence-corrected chi connectivity index (χ1v) is 10.3. The smallest absolute Gasteiger partial charge is 0.255 e. The molecule has 0 radical (unpaired) electrons. The van der Waals surface area contributed by atoms with Gasteiger partial charge in [0.15, 0.2) is 0 Å². The van der Waals surface area contributed by atoms with Crippen molar-refractivity contribution in [3.63, 3.8) is 0 Å². The van der Waals surface area contributed by atoms with Crippen LogP contribution >= 0.6 is 0 Å². The average Bonchev–Trinajstić information content (AvgIpc) is 2.79. The summed E-state index contributed by atoms with van der Waals surface area (Å²) in [7, 11) is 0. The molecular weight excluding hydrogens is 350 g/mol. The molecule has 6 heteroatoms. The van der Waals surface area contributed by atoms with Gasteiger partial charge in [0, 0.05) is 64.2 Å². The monoisotopic (exact) mass is 379 g/mol. The van der Waals surface area contributed by atoms with Crippen LogP contribution in [0.5, 0.6) is 0 Å². The second-order valence-corrected chi connectivity index (χ2v) is 7.47. The van der Waals surface area contributed by atoms with Crippen LogP contribution in [-0.4, -0.2) is 79.6 Å². The van der Waals surface area contributed by atoms with Gasteiger partial charge in [0.25, 0.3) is 5.91 Å². The van der Waals surface area contributed by atoms with E-state index in [4.69, 9.17) is 0 Å². The van der Waals surface area contributed by atoms with Crippen LogP contribution < -0.4 is 9.80 Å². The molecule has 2 fully saturated rings. The van der Waals surface area contributed by atoms with Gasteiger partial charge in [-0.2, -0.15) is 0 Å². The van der Waals surface area contributed by atoms with E-state index in [0.717, 1.165) is 64.6 Å². The predicted octanol–water partition coefficient (Wildman–Crippen LogP) is 2.19. The fraction of sp³-hybridized carbons (Fsp3) is 0.455. The topological polar surface area (TPSA) is 42.9 Å². The summed E-state index contributed by atoms with van der Waals surface area (Å²) in [6.45, 7) is 10.5. The van der Waals surface area contributed by atoms with Gasteiger partial charge in [0.05, 0.1) is 17.4 Å². The molecule has 2 aliphatic rings. The molecule has 148 valence electrons. The predicted molar refractivity (Wildman–Crippen MR) is 113 cm³/mol. The largest absolute Gasteiger partial charge is 0.368 e. The summed E-state index contributed by atoms with van der Waals surface area (Å²) in [6, 6.07) is 12.6. The van der Waals surface area contributed by atoms with E-state index in [2.05, 4.69) is 56.9 Å². The van der Waals surface area contributed by atoms with Gasteiger partial charge in [-0.25, -0.2) is 0 Å². The number of piperazine rings is 2. The van der Waals surface area contributed by atoms with Gasteiger partial charge in [-0.15, -0.1) is 0 Å². The molecule has 0 unspecified atom stereocenters. The maximum absolute atomic E-state index is 12.9. The van der Waals surface area contributed by atoms with Crippen molar-refractivity contribution in [2.45, 2.75) is 6.92 Å². The Hall–Kier alpha value is -2.60. The fourth-order valence-electron chi connectivity index (χ4n) is 4.03. The minimum atomic E-state index is 0.105. The molecule has 0 saturated carbocycles. The molecular formula is C22H29N5O. The molecule has 0 bridgehead atoms. The number of carbonyl (C=O) groups is 1. The average molecular weight is 380 g/mol. The van der Waals surface area contributed by atoms with Gasteiger partial charge in [-0.3, -0.25) is 9.78 Å². The van der Waals surface area contributed by atoms with Gasteiger partial charge >= 0.3 is 0 Å². The molecule has 0 atom stereocenters. The number of aromatic nitrogens is 1. The zero-order valence-electron chi connectivity index (χ0n) is 16.6. The van der Waals surface area contributed by atoms with E-state index < -0.39 is 0 Å². The van der Waals surface area contributed by atoms with E-state index in [-0.39, 0.29) is 5.91 Å². The third-order valence-corrected chi connectivity index (χ3v) is 5.84. The number of amides is 1. The van der Waals surface area contributed by atoms with Crippen molar-refractivity contribution in [2.75, 3.05) is 68.7 Å². The van der Waals surface area contributed by atoms with E-state index in [9.17, 15) is 4.79 Å². The Morgan fingerprint density at radius 1 is 0.857 bits per heavy atom. The lowest BCUT2D eigenvalue weighted by molar-refractivity contribution is 0.0643. The Bertz CT molecular complexity index is 781. The molecule has 3 heterocycles. The van der Waals surface area contributed by atoms with Gasteiger partial charge in [0.2, 0.25) is 0 Å². The summed E-state index contributed by atoms with van der Waals surface area (Å²) in [5, 5.41) is 0. The Labute approximate surface area is 167 Å². The second kappa shape index (κ2) is 8.61. The lowest BCUT2D eigenvalue weighted by Gasteiger charge is -2.37. The van der Waals surface area contributed by atoms with E-state index in [1.807, 2.05) is 17.2 Å². The number of nitrogens with zero attached hydrogens (tertiary/aromatic N) is 5. The van der Waals surface area contributed by atoms with Crippen LogP contribution in [0, 0.1) is 0 Å². The first-order chi connectivity index (χ1) is 13.7. The molecule has 1 aromatic heterocycles. The van der Waals surface area contributed by atoms with E-state index >= 15 is 0 Å². The standard InChI is InChI=1S/C22H29N5O/c1-2-24-8-10-27(11-9-24)22(28)19-16-21(18-23-17-19)26-14-12-25(13-15-26)20-6-4-3-5-7-20/h3-7,16-18H,2,8-15H2,1H3. The summed E-state index contributed by atoms with van der Waals surface area (Å²) in [5.41, 5.74) is 3.02. The molecule has 2 saturated heterocycles. The normalized spacial score (nSPS) is 18.4. The van der Waals surface area contributed by atoms with Crippen molar-refractivity contribution in [1.82, 2.24) is 14.8 Å². The number of pyridine rings is 1. The van der Waals surface area contributed by atoms with Gasteiger partial charge < -0.3 is 19.6 Å². The highest BCUT2D eigenvalue weighted by molar-refractivity contribution is 5.94. The van der Waals surface area contributed by atoms with Gasteiger partial charge in [-0.1, -0.05) is 25.1 Å². The number of benzene rings is 1. The number of carbonyl (C=O) groups excluding carboxylic acids is 1. The second-order valence-electron chi connectivity index (χ2n) is 7.47. The summed E-state index contributed by atoms with van der Waals surface area (Å²) in [4.78, 5) is 26.4. The van der Waals surface area contributed by atoms with E-state index in [1.54, 1.807) is 6.20 Å². The van der Waals surface area contributed by atoms with Crippen molar-refractivity contribution < 1.29 is 4.79 Å². The zero-order chi connectivity index (χ0) is 19.3. The molecule has 28 heavy (non-hydrogen) atoms. The zero-order valence-corrected chi connectivity index (χ0v) is 16.6. The fourth-order valence-corrected chi connectivity index (χ4v) is 4.03. The van der Waals surface area contributed by atoms with E-state index in [0.29, 0.717) is 5.56 Å². The first kappa shape index (κ1) is 18.7. The molecule has 2 aliphatic heterocycles. The highest BCUT2D eigenvalue weighted by atomic mass is 16.2. The Morgan fingerprint density at radius 2 is 1.50 bits per heavy atom. The minimum Gasteiger partial charge on any atom is -0.368 e. The maximum atomic E-state index is 12.9. The number of para-hydroxylation sites is 1. The first-order valence-electron chi connectivity index (χ1n) is 10.3. The van der Waals surface area contributed by atoms with Crippen molar-refractivity contribution in [3.05, 3.63) is 54.4 Å². The summed E-state index contributed by atoms with van der Waals surface area (Å²) in [5.74, 6) is 0.105. The van der Waals surface area contributed by atoms with Crippen LogP contribution in [0.15, 0.2) is 48.8 Å². The van der Waals surface area contributed by atoms with Crippen LogP contribution in [0.3, 0.4) is 0 Å². The van der Waals surface area contributed by atoms with Crippen molar-refractivity contribution in [3.8, 4) is 0 Å². The van der Waals surface area contributed by atoms with Crippen LogP contribution in [0.4, 0.5) is 11.4 Å². The number of hydrogen-bond acceptors (Lipinski definition) is 5. The van der Waals surface area contributed by atoms with Crippen LogP contribution in [-0.2, 0) is 0 Å². The molecule has 1 amide bonds. The quantitative estimate of drug-likeness (QED) is 0.815. The minimum absolute atomic E-state index is 0.105. The molecule has 0 spiro atoms. The maximum Gasteiger partial charge on any atom is 0.255 e. The third kappa shape index (κ3) is 4.12. The number of anilines is 2. The number of likely N-dealkylation sites (N-methyl/N-ethyl adjacent to an activating group) is 1. The molecule has 2 aromatic rings. The van der Waals surface area contributed by atoms with Crippen molar-refractivity contribution in [1.29, 1.82) is 0 Å². The Balaban J connectivity index is 1.38.